The van der Waals surface area contributed by atoms with Crippen LogP contribution in [0.25, 0.3) is 0 Å². The Morgan fingerprint density at radius 2 is 2.14 bits per heavy atom. The van der Waals surface area contributed by atoms with Crippen LogP contribution in [0.1, 0.15) is 23.0 Å². The predicted octanol–water partition coefficient (Wildman–Crippen LogP) is 3.11. The Morgan fingerprint density at radius 3 is 2.76 bits per heavy atom. The number of nitrogens with zero attached hydrogens (tertiary/aromatic N) is 1. The van der Waals surface area contributed by atoms with Crippen molar-refractivity contribution in [3.63, 3.8) is 0 Å². The molecule has 0 radical (unpaired) electrons. The summed E-state index contributed by atoms with van der Waals surface area (Å²) in [5, 5.41) is 3.27. The topological polar surface area (TPSA) is 60.5 Å². The van der Waals surface area contributed by atoms with Gasteiger partial charge in [0.05, 0.1) is 25.4 Å². The van der Waals surface area contributed by atoms with Gasteiger partial charge >= 0.3 is 0 Å². The van der Waals surface area contributed by atoms with E-state index < -0.39 is 11.7 Å². The van der Waals surface area contributed by atoms with E-state index in [1.54, 1.807) is 5.51 Å². The van der Waals surface area contributed by atoms with Crippen molar-refractivity contribution < 1.29 is 18.7 Å². The molecule has 0 bridgehead atoms. The summed E-state index contributed by atoms with van der Waals surface area (Å²) >= 11 is 1.29. The first kappa shape index (κ1) is 15.2. The van der Waals surface area contributed by atoms with Crippen LogP contribution in [-0.2, 0) is 6.42 Å². The molecule has 112 valence electrons. The van der Waals surface area contributed by atoms with Gasteiger partial charge in [-0.05, 0) is 18.6 Å². The van der Waals surface area contributed by atoms with E-state index >= 15 is 0 Å². The SMILES string of the molecule is CCc1ncsc1NC(=O)c1c(F)ccc(OC)c1OC. The zero-order valence-electron chi connectivity index (χ0n) is 11.9. The summed E-state index contributed by atoms with van der Waals surface area (Å²) in [4.78, 5) is 16.5. The zero-order chi connectivity index (χ0) is 15.4. The lowest BCUT2D eigenvalue weighted by Crippen LogP contribution is -2.16. The average molecular weight is 310 g/mol. The highest BCUT2D eigenvalue weighted by Gasteiger charge is 2.23. The van der Waals surface area contributed by atoms with Crippen molar-refractivity contribution in [3.8, 4) is 11.5 Å². The second-order valence-electron chi connectivity index (χ2n) is 4.09. The summed E-state index contributed by atoms with van der Waals surface area (Å²) in [6.45, 7) is 1.93. The quantitative estimate of drug-likeness (QED) is 0.922. The summed E-state index contributed by atoms with van der Waals surface area (Å²) < 4.78 is 24.2. The van der Waals surface area contributed by atoms with Crippen molar-refractivity contribution >= 4 is 22.2 Å². The van der Waals surface area contributed by atoms with Gasteiger partial charge < -0.3 is 14.8 Å². The van der Waals surface area contributed by atoms with Crippen LogP contribution in [0.3, 0.4) is 0 Å². The van der Waals surface area contributed by atoms with Gasteiger partial charge in [0.2, 0.25) is 0 Å². The van der Waals surface area contributed by atoms with Gasteiger partial charge in [-0.2, -0.15) is 0 Å². The highest BCUT2D eigenvalue weighted by molar-refractivity contribution is 7.14. The van der Waals surface area contributed by atoms with E-state index in [4.69, 9.17) is 9.47 Å². The molecule has 0 saturated heterocycles. The number of aromatic nitrogens is 1. The van der Waals surface area contributed by atoms with Crippen LogP contribution in [0, 0.1) is 5.82 Å². The second-order valence-corrected chi connectivity index (χ2v) is 4.95. The summed E-state index contributed by atoms with van der Waals surface area (Å²) in [6, 6.07) is 2.58. The van der Waals surface area contributed by atoms with E-state index in [0.29, 0.717) is 17.2 Å². The monoisotopic (exact) mass is 310 g/mol. The maximum atomic E-state index is 14.0. The molecule has 0 aliphatic carbocycles. The number of amides is 1. The molecule has 0 saturated carbocycles. The summed E-state index contributed by atoms with van der Waals surface area (Å²) in [7, 11) is 2.79. The second kappa shape index (κ2) is 6.53. The number of carbonyl (C=O) groups is 1. The molecule has 1 N–H and O–H groups in total. The van der Waals surface area contributed by atoms with E-state index in [2.05, 4.69) is 10.3 Å². The molecule has 0 aliphatic rings. The van der Waals surface area contributed by atoms with Gasteiger partial charge in [0.1, 0.15) is 16.4 Å². The van der Waals surface area contributed by atoms with Gasteiger partial charge in [0.25, 0.3) is 5.91 Å². The first-order chi connectivity index (χ1) is 10.1. The van der Waals surface area contributed by atoms with Crippen molar-refractivity contribution in [1.82, 2.24) is 4.98 Å². The zero-order valence-corrected chi connectivity index (χ0v) is 12.7. The van der Waals surface area contributed by atoms with Crippen molar-refractivity contribution in [2.75, 3.05) is 19.5 Å². The van der Waals surface area contributed by atoms with Crippen LogP contribution in [0.2, 0.25) is 0 Å². The molecule has 21 heavy (non-hydrogen) atoms. The van der Waals surface area contributed by atoms with Gasteiger partial charge in [0.15, 0.2) is 11.5 Å². The van der Waals surface area contributed by atoms with Crippen LogP contribution >= 0.6 is 11.3 Å². The molecule has 1 aromatic heterocycles. The molecule has 1 heterocycles. The predicted molar refractivity (Wildman–Crippen MR) is 78.9 cm³/mol. The fourth-order valence-electron chi connectivity index (χ4n) is 1.90. The Labute approximate surface area is 125 Å². The van der Waals surface area contributed by atoms with E-state index in [-0.39, 0.29) is 11.3 Å². The Kier molecular flexibility index (Phi) is 4.74. The molecule has 1 aromatic carbocycles. The van der Waals surface area contributed by atoms with Crippen LogP contribution in [0.15, 0.2) is 17.6 Å². The number of nitrogens with one attached hydrogen (secondary N) is 1. The van der Waals surface area contributed by atoms with Crippen LogP contribution in [0.5, 0.6) is 11.5 Å². The van der Waals surface area contributed by atoms with Gasteiger partial charge in [-0.15, -0.1) is 11.3 Å². The maximum Gasteiger partial charge on any atom is 0.263 e. The number of rotatable bonds is 5. The standard InChI is InChI=1S/C14H15FN2O3S/c1-4-9-14(21-7-16-9)17-13(18)11-8(15)5-6-10(19-2)12(11)20-3/h5-7H,4H2,1-3H3,(H,17,18). The average Bonchev–Trinajstić information content (AvgIpc) is 2.93. The third-order valence-electron chi connectivity index (χ3n) is 2.92. The lowest BCUT2D eigenvalue weighted by Gasteiger charge is -2.13. The smallest absolute Gasteiger partial charge is 0.263 e. The molecule has 7 heteroatoms. The number of anilines is 1. The largest absolute Gasteiger partial charge is 0.493 e. The minimum atomic E-state index is -0.673. The lowest BCUT2D eigenvalue weighted by molar-refractivity contribution is 0.101. The highest BCUT2D eigenvalue weighted by Crippen LogP contribution is 2.33. The molecular weight excluding hydrogens is 295 g/mol. The molecule has 0 fully saturated rings. The number of hydrogen-bond acceptors (Lipinski definition) is 5. The summed E-state index contributed by atoms with van der Waals surface area (Å²) in [5.74, 6) is -0.906. The number of benzene rings is 1. The first-order valence-electron chi connectivity index (χ1n) is 6.26. The molecular formula is C14H15FN2O3S. The van der Waals surface area contributed by atoms with Gasteiger partial charge in [-0.25, -0.2) is 9.37 Å². The Balaban J connectivity index is 2.39. The van der Waals surface area contributed by atoms with Crippen molar-refractivity contribution in [2.24, 2.45) is 0 Å². The van der Waals surface area contributed by atoms with Crippen molar-refractivity contribution in [1.29, 1.82) is 0 Å². The molecule has 2 rings (SSSR count). The number of methoxy groups -OCH3 is 2. The fourth-order valence-corrected chi connectivity index (χ4v) is 2.67. The third kappa shape index (κ3) is 2.97. The number of carbonyl (C=O) groups excluding carboxylic acids is 1. The number of halogens is 1. The fraction of sp³-hybridized carbons (Fsp3) is 0.286. The highest BCUT2D eigenvalue weighted by atomic mass is 32.1. The van der Waals surface area contributed by atoms with E-state index in [9.17, 15) is 9.18 Å². The van der Waals surface area contributed by atoms with Crippen LogP contribution in [0.4, 0.5) is 9.39 Å². The minimum Gasteiger partial charge on any atom is -0.493 e. The molecule has 1 amide bonds. The normalized spacial score (nSPS) is 10.3. The Hall–Kier alpha value is -2.15. The molecule has 5 nitrogen and oxygen atoms in total. The Bertz CT molecular complexity index is 658. The number of hydrogen-bond donors (Lipinski definition) is 1. The molecule has 0 aliphatic heterocycles. The number of aryl methyl sites for hydroxylation is 1. The van der Waals surface area contributed by atoms with Crippen LogP contribution in [-0.4, -0.2) is 25.1 Å². The van der Waals surface area contributed by atoms with Gasteiger partial charge in [-0.1, -0.05) is 6.92 Å². The van der Waals surface area contributed by atoms with Crippen LogP contribution < -0.4 is 14.8 Å². The van der Waals surface area contributed by atoms with E-state index in [0.717, 1.165) is 5.69 Å². The van der Waals surface area contributed by atoms with Gasteiger partial charge in [-0.3, -0.25) is 4.79 Å². The summed E-state index contributed by atoms with van der Waals surface area (Å²) in [5.41, 5.74) is 2.20. The van der Waals surface area contributed by atoms with E-state index in [1.807, 2.05) is 6.92 Å². The number of thiazole rings is 1. The lowest BCUT2D eigenvalue weighted by atomic mass is 10.1. The Morgan fingerprint density at radius 1 is 1.38 bits per heavy atom. The number of ether oxygens (including phenoxy) is 2. The molecule has 2 aromatic rings. The van der Waals surface area contributed by atoms with Crippen molar-refractivity contribution in [2.45, 2.75) is 13.3 Å². The summed E-state index contributed by atoms with van der Waals surface area (Å²) in [6.07, 6.45) is 0.677. The van der Waals surface area contributed by atoms with Gasteiger partial charge in [0, 0.05) is 0 Å². The molecule has 0 spiro atoms. The maximum absolute atomic E-state index is 14.0. The van der Waals surface area contributed by atoms with E-state index in [1.165, 1.54) is 37.7 Å². The molecule has 0 unspecified atom stereocenters. The third-order valence-corrected chi connectivity index (χ3v) is 3.71. The molecule has 0 atom stereocenters. The minimum absolute atomic E-state index is 0.0672. The van der Waals surface area contributed by atoms with Crippen molar-refractivity contribution in [3.05, 3.63) is 34.7 Å². The first-order valence-corrected chi connectivity index (χ1v) is 7.14.